The van der Waals surface area contributed by atoms with Crippen LogP contribution in [0, 0.1) is 5.92 Å². The molecule has 12 heteroatoms. The summed E-state index contributed by atoms with van der Waals surface area (Å²) in [5, 5.41) is 0. The van der Waals surface area contributed by atoms with Gasteiger partial charge < -0.3 is 31.3 Å². The van der Waals surface area contributed by atoms with Crippen molar-refractivity contribution in [3.63, 3.8) is 0 Å². The topological polar surface area (TPSA) is 98.8 Å². The predicted molar refractivity (Wildman–Crippen MR) is 110 cm³/mol. The molecule has 28 heavy (non-hydrogen) atoms. The van der Waals surface area contributed by atoms with Crippen molar-refractivity contribution in [2.75, 3.05) is 48.4 Å². The summed E-state index contributed by atoms with van der Waals surface area (Å²) >= 11 is 4.10. The Bertz CT molecular complexity index is 443. The van der Waals surface area contributed by atoms with Gasteiger partial charge in [-0.3, -0.25) is 9.59 Å². The molecule has 0 aromatic carbocycles. The lowest BCUT2D eigenvalue weighted by Gasteiger charge is -2.24. The molecule has 0 aromatic rings. The van der Waals surface area contributed by atoms with Crippen LogP contribution in [0.5, 0.6) is 0 Å². The Balaban J connectivity index is 0.000000576. The first-order chi connectivity index (χ1) is 13.3. The van der Waals surface area contributed by atoms with Gasteiger partial charge in [0, 0.05) is 54.7 Å². The molecule has 0 bridgehead atoms. The molecule has 9 nitrogen and oxygen atoms in total. The molecule has 1 aliphatic heterocycles. The SMILES string of the molecule is CO[Si](CCCC1CC(=O)OC1=O)(OC)OC.CO[Si](CCCS)(OC)OC. The van der Waals surface area contributed by atoms with Crippen LogP contribution >= 0.6 is 12.6 Å². The van der Waals surface area contributed by atoms with Crippen molar-refractivity contribution in [2.45, 2.75) is 37.8 Å². The second-order valence-corrected chi connectivity index (χ2v) is 12.6. The molecule has 0 aromatic heterocycles. The summed E-state index contributed by atoms with van der Waals surface area (Å²) in [5.41, 5.74) is 0. The molecule has 0 radical (unpaired) electrons. The maximum absolute atomic E-state index is 11.2. The number of cyclic esters (lactones) is 2. The van der Waals surface area contributed by atoms with E-state index in [0.717, 1.165) is 18.2 Å². The second kappa shape index (κ2) is 14.6. The largest absolute Gasteiger partial charge is 0.500 e. The smallest absolute Gasteiger partial charge is 0.393 e. The average molecular weight is 459 g/mol. The average Bonchev–Trinajstić information content (AvgIpc) is 3.05. The van der Waals surface area contributed by atoms with Crippen molar-refractivity contribution in [3.8, 4) is 0 Å². The maximum Gasteiger partial charge on any atom is 0.500 e. The van der Waals surface area contributed by atoms with Crippen LogP contribution in [0.4, 0.5) is 0 Å². The third-order valence-corrected chi connectivity index (χ3v) is 10.5. The van der Waals surface area contributed by atoms with Crippen LogP contribution in [0.3, 0.4) is 0 Å². The van der Waals surface area contributed by atoms with E-state index in [4.69, 9.17) is 26.6 Å². The lowest BCUT2D eigenvalue weighted by molar-refractivity contribution is -0.153. The molecular weight excluding hydrogens is 424 g/mol. The minimum atomic E-state index is -2.57. The van der Waals surface area contributed by atoms with E-state index in [2.05, 4.69) is 17.4 Å². The van der Waals surface area contributed by atoms with Gasteiger partial charge in [-0.25, -0.2) is 0 Å². The lowest BCUT2D eigenvalue weighted by Crippen LogP contribution is -2.42. The fourth-order valence-electron chi connectivity index (χ4n) is 2.71. The van der Waals surface area contributed by atoms with E-state index >= 15 is 0 Å². The van der Waals surface area contributed by atoms with Gasteiger partial charge in [0.05, 0.1) is 12.3 Å². The normalized spacial score (nSPS) is 17.3. The maximum atomic E-state index is 11.2. The molecule has 1 saturated heterocycles. The summed E-state index contributed by atoms with van der Waals surface area (Å²) in [7, 11) is 4.66. The van der Waals surface area contributed by atoms with E-state index in [-0.39, 0.29) is 12.3 Å². The van der Waals surface area contributed by atoms with E-state index in [9.17, 15) is 9.59 Å². The van der Waals surface area contributed by atoms with Crippen LogP contribution in [0.15, 0.2) is 0 Å². The van der Waals surface area contributed by atoms with Crippen molar-refractivity contribution in [1.82, 2.24) is 0 Å². The Morgan fingerprint density at radius 3 is 1.61 bits per heavy atom. The molecule has 166 valence electrons. The minimum Gasteiger partial charge on any atom is -0.393 e. The molecule has 1 rings (SSSR count). The number of ether oxygens (including phenoxy) is 1. The van der Waals surface area contributed by atoms with Gasteiger partial charge in [-0.15, -0.1) is 0 Å². The van der Waals surface area contributed by atoms with Crippen LogP contribution in [0.2, 0.25) is 12.1 Å². The molecule has 0 aliphatic carbocycles. The van der Waals surface area contributed by atoms with Gasteiger partial charge in [0.1, 0.15) is 0 Å². The standard InChI is InChI=1S/C10H18O6Si.C6H16O3SSi/c1-13-17(14-2,15-3)6-4-5-8-7-9(11)16-10(8)12;1-7-11(8-2,9-3)6-4-5-10/h8H,4-7H2,1-3H3;10H,4-6H2,1-3H3. The van der Waals surface area contributed by atoms with E-state index < -0.39 is 29.5 Å². The molecule has 0 amide bonds. The third-order valence-electron chi connectivity index (χ3n) is 4.50. The van der Waals surface area contributed by atoms with Crippen molar-refractivity contribution in [1.29, 1.82) is 0 Å². The van der Waals surface area contributed by atoms with Crippen LogP contribution in [0.1, 0.15) is 25.7 Å². The van der Waals surface area contributed by atoms with Gasteiger partial charge in [-0.1, -0.05) is 0 Å². The van der Waals surface area contributed by atoms with Crippen LogP contribution < -0.4 is 0 Å². The zero-order chi connectivity index (χ0) is 21.6. The number of thiol groups is 1. The highest BCUT2D eigenvalue weighted by atomic mass is 32.1. The molecule has 1 atom stereocenters. The highest BCUT2D eigenvalue weighted by Gasteiger charge is 2.39. The predicted octanol–water partition coefficient (Wildman–Crippen LogP) is 1.92. The first-order valence-electron chi connectivity index (χ1n) is 8.97. The number of hydrogen-bond donors (Lipinski definition) is 1. The lowest BCUT2D eigenvalue weighted by atomic mass is 10.0. The van der Waals surface area contributed by atoms with Gasteiger partial charge in [0.15, 0.2) is 0 Å². The monoisotopic (exact) mass is 458 g/mol. The van der Waals surface area contributed by atoms with Crippen molar-refractivity contribution < 1.29 is 40.9 Å². The minimum absolute atomic E-state index is 0.181. The molecule has 1 aliphatic rings. The summed E-state index contributed by atoms with van der Waals surface area (Å²) in [4.78, 5) is 22.1. The number of esters is 2. The number of hydrogen-bond acceptors (Lipinski definition) is 10. The highest BCUT2D eigenvalue weighted by molar-refractivity contribution is 7.80. The van der Waals surface area contributed by atoms with Crippen LogP contribution in [-0.4, -0.2) is 78.0 Å². The number of carbonyl (C=O) groups excluding carboxylic acids is 2. The first kappa shape index (κ1) is 27.7. The molecule has 0 spiro atoms. The Morgan fingerprint density at radius 2 is 1.29 bits per heavy atom. The van der Waals surface area contributed by atoms with Gasteiger partial charge in [-0.05, 0) is 25.0 Å². The second-order valence-electron chi connectivity index (χ2n) is 6.00. The van der Waals surface area contributed by atoms with E-state index in [1.54, 1.807) is 42.7 Å². The molecule has 0 N–H and O–H groups in total. The third kappa shape index (κ3) is 9.01. The fraction of sp³-hybridized carbons (Fsp3) is 0.875. The zero-order valence-corrected chi connectivity index (χ0v) is 20.5. The van der Waals surface area contributed by atoms with Crippen LogP contribution in [-0.2, 0) is 40.9 Å². The Labute approximate surface area is 175 Å². The van der Waals surface area contributed by atoms with Crippen LogP contribution in [0.25, 0.3) is 0 Å². The van der Waals surface area contributed by atoms with Gasteiger partial charge >= 0.3 is 29.5 Å². The number of carbonyl (C=O) groups is 2. The van der Waals surface area contributed by atoms with Gasteiger partial charge in [0.25, 0.3) is 0 Å². The Kier molecular flexibility index (Phi) is 14.5. The van der Waals surface area contributed by atoms with E-state index in [0.29, 0.717) is 18.9 Å². The summed E-state index contributed by atoms with van der Waals surface area (Å²) in [6, 6.07) is 1.45. The quantitative estimate of drug-likeness (QED) is 0.192. The highest BCUT2D eigenvalue weighted by Crippen LogP contribution is 2.24. The summed E-state index contributed by atoms with van der Waals surface area (Å²) < 4.78 is 35.9. The zero-order valence-electron chi connectivity index (χ0n) is 17.6. The fourth-order valence-corrected chi connectivity index (χ4v) is 6.64. The van der Waals surface area contributed by atoms with Crippen molar-refractivity contribution >= 4 is 42.2 Å². The number of rotatable bonds is 13. The van der Waals surface area contributed by atoms with E-state index in [1.165, 1.54) is 0 Å². The Hall–Kier alpha value is -0.316. The molecule has 1 fully saturated rings. The molecule has 1 unspecified atom stereocenters. The van der Waals surface area contributed by atoms with Gasteiger partial charge in [0.2, 0.25) is 0 Å². The summed E-state index contributed by atoms with van der Waals surface area (Å²) in [6.45, 7) is 0. The molecule has 1 heterocycles. The molecular formula is C16H34O9SSi2. The summed E-state index contributed by atoms with van der Waals surface area (Å²) in [6.07, 6.45) is 2.44. The van der Waals surface area contributed by atoms with E-state index in [1.807, 2.05) is 0 Å². The Morgan fingerprint density at radius 1 is 0.857 bits per heavy atom. The van der Waals surface area contributed by atoms with Crippen molar-refractivity contribution in [3.05, 3.63) is 0 Å². The summed E-state index contributed by atoms with van der Waals surface area (Å²) in [5.74, 6) is -0.340. The molecule has 0 saturated carbocycles. The van der Waals surface area contributed by atoms with Gasteiger partial charge in [-0.2, -0.15) is 12.6 Å². The van der Waals surface area contributed by atoms with Crippen molar-refractivity contribution in [2.24, 2.45) is 5.92 Å². The first-order valence-corrected chi connectivity index (χ1v) is 13.5.